The molecular formula is C34H33N5O8. The van der Waals surface area contributed by atoms with Crippen molar-refractivity contribution in [2.24, 2.45) is 5.92 Å². The maximum atomic E-state index is 13.1. The number of fused-ring (bicyclic) bond motifs is 1. The van der Waals surface area contributed by atoms with E-state index in [-0.39, 0.29) is 41.5 Å². The van der Waals surface area contributed by atoms with Crippen molar-refractivity contribution in [2.75, 3.05) is 32.1 Å². The van der Waals surface area contributed by atoms with Gasteiger partial charge in [-0.1, -0.05) is 12.1 Å². The Hall–Kier alpha value is -5.72. The number of nitrogens with one attached hydrogen (secondary N) is 3. The van der Waals surface area contributed by atoms with Crippen molar-refractivity contribution in [1.29, 1.82) is 0 Å². The molecule has 13 heteroatoms. The summed E-state index contributed by atoms with van der Waals surface area (Å²) in [7, 11) is 1.59. The maximum Gasteiger partial charge on any atom is 0.321 e. The van der Waals surface area contributed by atoms with Crippen LogP contribution in [0.4, 0.5) is 10.5 Å². The van der Waals surface area contributed by atoms with Gasteiger partial charge < -0.3 is 25.0 Å². The van der Waals surface area contributed by atoms with Crippen LogP contribution >= 0.6 is 0 Å². The van der Waals surface area contributed by atoms with E-state index in [4.69, 9.17) is 9.47 Å². The van der Waals surface area contributed by atoms with Crippen LogP contribution in [0.5, 0.6) is 17.2 Å². The highest BCUT2D eigenvalue weighted by atomic mass is 16.5. The number of hydrogen-bond acceptors (Lipinski definition) is 8. The van der Waals surface area contributed by atoms with Gasteiger partial charge in [-0.3, -0.25) is 34.2 Å². The van der Waals surface area contributed by atoms with E-state index in [1.807, 2.05) is 12.1 Å². The zero-order valence-corrected chi connectivity index (χ0v) is 25.6. The Morgan fingerprint density at radius 2 is 1.57 bits per heavy atom. The second-order valence-electron chi connectivity index (χ2n) is 11.6. The van der Waals surface area contributed by atoms with E-state index < -0.39 is 35.6 Å². The van der Waals surface area contributed by atoms with Crippen LogP contribution in [0.2, 0.25) is 0 Å². The van der Waals surface area contributed by atoms with Crippen molar-refractivity contribution in [3.05, 3.63) is 83.4 Å². The molecule has 1 atom stereocenters. The van der Waals surface area contributed by atoms with Crippen LogP contribution in [-0.2, 0) is 9.59 Å². The number of imide groups is 2. The normalized spacial score (nSPS) is 18.0. The molecular weight excluding hydrogens is 606 g/mol. The predicted molar refractivity (Wildman–Crippen MR) is 168 cm³/mol. The predicted octanol–water partition coefficient (Wildman–Crippen LogP) is 3.56. The first-order valence-corrected chi connectivity index (χ1v) is 15.3. The molecule has 0 bridgehead atoms. The molecule has 3 aliphatic heterocycles. The number of hydrogen-bond donors (Lipinski definition) is 3. The highest BCUT2D eigenvalue weighted by molar-refractivity contribution is 6.24. The number of carbonyl (C=O) groups excluding carboxylic acids is 6. The van der Waals surface area contributed by atoms with Gasteiger partial charge in [0, 0.05) is 31.6 Å². The molecule has 0 aliphatic carbocycles. The van der Waals surface area contributed by atoms with Crippen LogP contribution < -0.4 is 25.4 Å². The van der Waals surface area contributed by atoms with Crippen LogP contribution in [0.1, 0.15) is 56.8 Å². The summed E-state index contributed by atoms with van der Waals surface area (Å²) in [5, 5.41) is 8.00. The van der Waals surface area contributed by atoms with Crippen LogP contribution in [0.25, 0.3) is 0 Å². The van der Waals surface area contributed by atoms with Gasteiger partial charge in [0.2, 0.25) is 11.8 Å². The molecule has 47 heavy (non-hydrogen) atoms. The lowest BCUT2D eigenvalue weighted by atomic mass is 9.96. The van der Waals surface area contributed by atoms with Gasteiger partial charge in [-0.2, -0.15) is 0 Å². The van der Waals surface area contributed by atoms with Gasteiger partial charge in [-0.05, 0) is 79.8 Å². The lowest BCUT2D eigenvalue weighted by Gasteiger charge is -2.32. The molecule has 2 saturated heterocycles. The third kappa shape index (κ3) is 6.64. The van der Waals surface area contributed by atoms with Crippen molar-refractivity contribution in [2.45, 2.75) is 31.7 Å². The Morgan fingerprint density at radius 1 is 0.872 bits per heavy atom. The summed E-state index contributed by atoms with van der Waals surface area (Å²) in [6.45, 7) is 1.37. The number of amides is 7. The number of methoxy groups -OCH3 is 1. The zero-order valence-electron chi connectivity index (χ0n) is 25.6. The van der Waals surface area contributed by atoms with E-state index in [1.54, 1.807) is 48.4 Å². The van der Waals surface area contributed by atoms with Crippen molar-refractivity contribution in [3.63, 3.8) is 0 Å². The number of carbonyl (C=O) groups is 6. The topological polar surface area (TPSA) is 163 Å². The molecule has 3 aromatic rings. The van der Waals surface area contributed by atoms with Gasteiger partial charge in [0.05, 0.1) is 23.9 Å². The highest BCUT2D eigenvalue weighted by Gasteiger charge is 2.44. The van der Waals surface area contributed by atoms with Gasteiger partial charge in [-0.15, -0.1) is 0 Å². The van der Waals surface area contributed by atoms with Crippen LogP contribution in [0, 0.1) is 5.92 Å². The summed E-state index contributed by atoms with van der Waals surface area (Å²) >= 11 is 0. The fraction of sp³-hybridized carbons (Fsp3) is 0.294. The van der Waals surface area contributed by atoms with Gasteiger partial charge >= 0.3 is 6.03 Å². The number of ether oxygens (including phenoxy) is 2. The molecule has 3 aliphatic rings. The molecule has 3 heterocycles. The zero-order chi connectivity index (χ0) is 33.1. The van der Waals surface area contributed by atoms with Crippen molar-refractivity contribution in [3.8, 4) is 17.2 Å². The largest absolute Gasteiger partial charge is 0.497 e. The molecule has 0 radical (unpaired) electrons. The summed E-state index contributed by atoms with van der Waals surface area (Å²) in [4.78, 5) is 78.5. The van der Waals surface area contributed by atoms with Gasteiger partial charge in [0.1, 0.15) is 17.5 Å². The molecule has 0 aromatic heterocycles. The third-order valence-corrected chi connectivity index (χ3v) is 8.57. The Kier molecular flexibility index (Phi) is 8.87. The third-order valence-electron chi connectivity index (χ3n) is 8.57. The second-order valence-corrected chi connectivity index (χ2v) is 11.6. The maximum absolute atomic E-state index is 13.1. The lowest BCUT2D eigenvalue weighted by molar-refractivity contribution is -0.136. The van der Waals surface area contributed by atoms with Gasteiger partial charge in [0.15, 0.2) is 5.75 Å². The van der Waals surface area contributed by atoms with E-state index >= 15 is 0 Å². The highest BCUT2D eigenvalue weighted by Crippen LogP contribution is 2.31. The van der Waals surface area contributed by atoms with Crippen LogP contribution in [0.15, 0.2) is 66.7 Å². The smallest absolute Gasteiger partial charge is 0.321 e. The quantitative estimate of drug-likeness (QED) is 0.315. The number of likely N-dealkylation sites (tertiary alicyclic amines) is 1. The molecule has 3 N–H and O–H groups in total. The van der Waals surface area contributed by atoms with Crippen molar-refractivity contribution >= 4 is 41.3 Å². The number of rotatable bonds is 8. The van der Waals surface area contributed by atoms with Crippen LogP contribution in [-0.4, -0.2) is 78.2 Å². The van der Waals surface area contributed by atoms with E-state index in [0.29, 0.717) is 55.4 Å². The first-order valence-electron chi connectivity index (χ1n) is 15.3. The number of piperidine rings is 2. The Balaban J connectivity index is 0.996. The summed E-state index contributed by atoms with van der Waals surface area (Å²) in [5.74, 6) is -0.899. The fourth-order valence-corrected chi connectivity index (χ4v) is 5.92. The number of anilines is 1. The minimum Gasteiger partial charge on any atom is -0.497 e. The average molecular weight is 640 g/mol. The lowest BCUT2D eigenvalue weighted by Crippen LogP contribution is -2.54. The molecule has 7 amide bonds. The fourth-order valence-electron chi connectivity index (χ4n) is 5.92. The molecule has 0 saturated carbocycles. The van der Waals surface area contributed by atoms with E-state index in [1.165, 1.54) is 18.2 Å². The van der Waals surface area contributed by atoms with E-state index in [0.717, 1.165) is 4.90 Å². The second kappa shape index (κ2) is 13.3. The Bertz CT molecular complexity index is 1750. The molecule has 242 valence electrons. The minimum absolute atomic E-state index is 0.0232. The SMILES string of the molecule is COc1ccc(Oc2ccccc2NC(=O)N2CCC(CNC(=O)c3ccc4c(c3)C(=O)N(C3CCC(=O)NC3=O)C4=O)CC2)cc1. The summed E-state index contributed by atoms with van der Waals surface area (Å²) in [6, 6.07) is 17.2. The monoisotopic (exact) mass is 639 g/mol. The molecule has 2 fully saturated rings. The van der Waals surface area contributed by atoms with E-state index in [2.05, 4.69) is 16.0 Å². The number of nitrogens with zero attached hydrogens (tertiary/aromatic N) is 2. The molecule has 13 nitrogen and oxygen atoms in total. The average Bonchev–Trinajstić information content (AvgIpc) is 3.33. The number of benzene rings is 3. The molecule has 3 aromatic carbocycles. The number of para-hydroxylation sites is 2. The van der Waals surface area contributed by atoms with Gasteiger partial charge in [0.25, 0.3) is 17.7 Å². The standard InChI is InChI=1S/C34H33N5O8/c1-46-22-7-9-23(10-8-22)47-28-5-3-2-4-26(28)36-34(45)38-16-14-20(15-17-38)19-35-30(41)21-6-11-24-25(18-21)33(44)39(32(24)43)27-12-13-29(40)37-31(27)42/h2-11,18,20,27H,12-17,19H2,1H3,(H,35,41)(H,36,45)(H,37,40,42). The first-order chi connectivity index (χ1) is 22.7. The summed E-state index contributed by atoms with van der Waals surface area (Å²) < 4.78 is 11.2. The van der Waals surface area contributed by atoms with Gasteiger partial charge in [-0.25, -0.2) is 4.79 Å². The Morgan fingerprint density at radius 3 is 2.30 bits per heavy atom. The molecule has 6 rings (SSSR count). The molecule has 0 spiro atoms. The van der Waals surface area contributed by atoms with Crippen molar-refractivity contribution in [1.82, 2.24) is 20.4 Å². The minimum atomic E-state index is -1.08. The summed E-state index contributed by atoms with van der Waals surface area (Å²) in [6.07, 6.45) is 1.43. The van der Waals surface area contributed by atoms with Crippen LogP contribution in [0.3, 0.4) is 0 Å². The van der Waals surface area contributed by atoms with E-state index in [9.17, 15) is 28.8 Å². The number of urea groups is 1. The Labute approximate surface area is 270 Å². The first kappa shape index (κ1) is 31.3. The molecule has 1 unspecified atom stereocenters. The van der Waals surface area contributed by atoms with Crippen molar-refractivity contribution < 1.29 is 38.2 Å². The summed E-state index contributed by atoms with van der Waals surface area (Å²) in [5.41, 5.74) is 0.902.